The van der Waals surface area contributed by atoms with Gasteiger partial charge in [0.25, 0.3) is 0 Å². The predicted octanol–water partition coefficient (Wildman–Crippen LogP) is 0.415. The summed E-state index contributed by atoms with van der Waals surface area (Å²) >= 11 is 0. The molecule has 5 nitrogen and oxygen atoms in total. The number of carbonyl (C=O) groups is 1. The molecule has 5 heteroatoms. The highest BCUT2D eigenvalue weighted by atomic mass is 16.1. The van der Waals surface area contributed by atoms with E-state index in [9.17, 15) is 4.79 Å². The maximum Gasteiger partial charge on any atom is 0.221 e. The minimum Gasteiger partial charge on any atom is -0.353 e. The Balaban J connectivity index is 1.29. The van der Waals surface area contributed by atoms with Crippen LogP contribution >= 0.6 is 0 Å². The van der Waals surface area contributed by atoms with Crippen molar-refractivity contribution in [1.29, 1.82) is 0 Å². The number of rotatable bonds is 5. The standard InChI is InChI=1S/C16H30N4O/c21-16(18-14-4-2-1-3-5-14)6-7-19-8-10-20(11-9-19)15-12-17-13-15/h14-15,17H,1-13H2,(H,18,21). The molecular weight excluding hydrogens is 264 g/mol. The zero-order valence-electron chi connectivity index (χ0n) is 13.1. The molecule has 0 bridgehead atoms. The van der Waals surface area contributed by atoms with E-state index in [0.29, 0.717) is 12.5 Å². The fourth-order valence-electron chi connectivity index (χ4n) is 3.69. The van der Waals surface area contributed by atoms with Gasteiger partial charge in [-0.25, -0.2) is 0 Å². The molecule has 0 atom stereocenters. The number of carbonyl (C=O) groups excluding carboxylic acids is 1. The molecule has 3 rings (SSSR count). The predicted molar refractivity (Wildman–Crippen MR) is 84.3 cm³/mol. The largest absolute Gasteiger partial charge is 0.353 e. The highest BCUT2D eigenvalue weighted by Gasteiger charge is 2.27. The highest BCUT2D eigenvalue weighted by Crippen LogP contribution is 2.17. The first-order valence-corrected chi connectivity index (χ1v) is 8.78. The molecule has 3 fully saturated rings. The SMILES string of the molecule is O=C(CCN1CCN(C2CNC2)CC1)NC1CCCCC1. The fourth-order valence-corrected chi connectivity index (χ4v) is 3.69. The molecule has 1 saturated carbocycles. The van der Waals surface area contributed by atoms with Crippen molar-refractivity contribution in [3.63, 3.8) is 0 Å². The van der Waals surface area contributed by atoms with Gasteiger partial charge in [-0.2, -0.15) is 0 Å². The summed E-state index contributed by atoms with van der Waals surface area (Å²) in [4.78, 5) is 17.1. The first-order valence-electron chi connectivity index (χ1n) is 8.78. The van der Waals surface area contributed by atoms with Crippen molar-refractivity contribution >= 4 is 5.91 Å². The Hall–Kier alpha value is -0.650. The maximum absolute atomic E-state index is 12.0. The van der Waals surface area contributed by atoms with E-state index in [2.05, 4.69) is 20.4 Å². The Morgan fingerprint density at radius 2 is 1.76 bits per heavy atom. The van der Waals surface area contributed by atoms with Gasteiger partial charge in [0.05, 0.1) is 0 Å². The lowest BCUT2D eigenvalue weighted by molar-refractivity contribution is -0.122. The van der Waals surface area contributed by atoms with Crippen molar-refractivity contribution < 1.29 is 4.79 Å². The summed E-state index contributed by atoms with van der Waals surface area (Å²) in [6.07, 6.45) is 6.93. The van der Waals surface area contributed by atoms with Crippen LogP contribution in [0.25, 0.3) is 0 Å². The quantitative estimate of drug-likeness (QED) is 0.771. The third-order valence-corrected chi connectivity index (χ3v) is 5.31. The summed E-state index contributed by atoms with van der Waals surface area (Å²) in [6.45, 7) is 7.80. The second kappa shape index (κ2) is 7.56. The lowest BCUT2D eigenvalue weighted by Gasteiger charge is -2.43. The van der Waals surface area contributed by atoms with E-state index in [4.69, 9.17) is 0 Å². The number of nitrogens with one attached hydrogen (secondary N) is 2. The van der Waals surface area contributed by atoms with Crippen LogP contribution in [0, 0.1) is 0 Å². The van der Waals surface area contributed by atoms with Crippen LogP contribution in [-0.4, -0.2) is 73.6 Å². The first-order chi connectivity index (χ1) is 10.3. The molecular formula is C16H30N4O. The second-order valence-corrected chi connectivity index (χ2v) is 6.84. The third-order valence-electron chi connectivity index (χ3n) is 5.31. The van der Waals surface area contributed by atoms with E-state index in [1.54, 1.807) is 0 Å². The van der Waals surface area contributed by atoms with Crippen molar-refractivity contribution in [2.45, 2.75) is 50.6 Å². The van der Waals surface area contributed by atoms with Gasteiger partial charge in [-0.1, -0.05) is 19.3 Å². The van der Waals surface area contributed by atoms with Crippen LogP contribution < -0.4 is 10.6 Å². The van der Waals surface area contributed by atoms with Crippen LogP contribution in [-0.2, 0) is 4.79 Å². The van der Waals surface area contributed by atoms with Crippen LogP contribution in [0.2, 0.25) is 0 Å². The van der Waals surface area contributed by atoms with Crippen molar-refractivity contribution in [3.05, 3.63) is 0 Å². The summed E-state index contributed by atoms with van der Waals surface area (Å²) in [5, 5.41) is 6.56. The molecule has 2 N–H and O–H groups in total. The van der Waals surface area contributed by atoms with Gasteiger partial charge in [0, 0.05) is 64.3 Å². The second-order valence-electron chi connectivity index (χ2n) is 6.84. The Bertz CT molecular complexity index is 331. The molecule has 0 aromatic heterocycles. The van der Waals surface area contributed by atoms with Gasteiger partial charge >= 0.3 is 0 Å². The smallest absolute Gasteiger partial charge is 0.221 e. The Morgan fingerprint density at radius 3 is 2.38 bits per heavy atom. The highest BCUT2D eigenvalue weighted by molar-refractivity contribution is 5.76. The van der Waals surface area contributed by atoms with Crippen LogP contribution in [0.1, 0.15) is 38.5 Å². The van der Waals surface area contributed by atoms with E-state index in [0.717, 1.165) is 51.9 Å². The summed E-state index contributed by atoms with van der Waals surface area (Å²) in [5.74, 6) is 0.257. The normalized spacial score (nSPS) is 26.5. The molecule has 0 aromatic carbocycles. The van der Waals surface area contributed by atoms with Crippen molar-refractivity contribution in [1.82, 2.24) is 20.4 Å². The zero-order valence-corrected chi connectivity index (χ0v) is 13.1. The zero-order chi connectivity index (χ0) is 14.5. The topological polar surface area (TPSA) is 47.6 Å². The van der Waals surface area contributed by atoms with Gasteiger partial charge in [0.1, 0.15) is 0 Å². The molecule has 1 amide bonds. The lowest BCUT2D eigenvalue weighted by Crippen LogP contribution is -2.61. The summed E-state index contributed by atoms with van der Waals surface area (Å²) in [5.41, 5.74) is 0. The van der Waals surface area contributed by atoms with Gasteiger partial charge < -0.3 is 15.5 Å². The lowest BCUT2D eigenvalue weighted by atomic mass is 9.95. The first kappa shape index (κ1) is 15.3. The molecule has 0 spiro atoms. The van der Waals surface area contributed by atoms with Crippen LogP contribution in [0.4, 0.5) is 0 Å². The molecule has 0 unspecified atom stereocenters. The summed E-state index contributed by atoms with van der Waals surface area (Å²) in [6, 6.07) is 1.22. The van der Waals surface area contributed by atoms with E-state index in [1.807, 2.05) is 0 Å². The number of piperazine rings is 1. The molecule has 2 heterocycles. The molecule has 21 heavy (non-hydrogen) atoms. The number of hydrogen-bond donors (Lipinski definition) is 2. The van der Waals surface area contributed by atoms with Crippen molar-refractivity contribution in [2.75, 3.05) is 45.8 Å². The van der Waals surface area contributed by atoms with Crippen molar-refractivity contribution in [2.24, 2.45) is 0 Å². The van der Waals surface area contributed by atoms with E-state index in [1.165, 1.54) is 32.1 Å². The fraction of sp³-hybridized carbons (Fsp3) is 0.938. The average Bonchev–Trinajstić information content (AvgIpc) is 2.46. The third kappa shape index (κ3) is 4.41. The maximum atomic E-state index is 12.0. The Labute approximate surface area is 128 Å². The van der Waals surface area contributed by atoms with Crippen LogP contribution in [0.15, 0.2) is 0 Å². The van der Waals surface area contributed by atoms with Gasteiger partial charge in [0.15, 0.2) is 0 Å². The van der Waals surface area contributed by atoms with Gasteiger partial charge in [-0.3, -0.25) is 9.69 Å². The van der Waals surface area contributed by atoms with Crippen LogP contribution in [0.3, 0.4) is 0 Å². The van der Waals surface area contributed by atoms with E-state index >= 15 is 0 Å². The van der Waals surface area contributed by atoms with Gasteiger partial charge in [-0.15, -0.1) is 0 Å². The minimum absolute atomic E-state index is 0.257. The number of hydrogen-bond acceptors (Lipinski definition) is 4. The molecule has 2 aliphatic heterocycles. The molecule has 120 valence electrons. The Morgan fingerprint density at radius 1 is 1.05 bits per heavy atom. The number of amides is 1. The van der Waals surface area contributed by atoms with E-state index in [-0.39, 0.29) is 5.91 Å². The average molecular weight is 294 g/mol. The summed E-state index contributed by atoms with van der Waals surface area (Å²) < 4.78 is 0. The van der Waals surface area contributed by atoms with Gasteiger partial charge in [0.2, 0.25) is 5.91 Å². The van der Waals surface area contributed by atoms with Crippen LogP contribution in [0.5, 0.6) is 0 Å². The van der Waals surface area contributed by atoms with Crippen molar-refractivity contribution in [3.8, 4) is 0 Å². The Kier molecular flexibility index (Phi) is 5.49. The molecule has 1 aliphatic carbocycles. The van der Waals surface area contributed by atoms with Gasteiger partial charge in [-0.05, 0) is 12.8 Å². The number of nitrogens with zero attached hydrogens (tertiary/aromatic N) is 2. The molecule has 0 aromatic rings. The molecule has 2 saturated heterocycles. The monoisotopic (exact) mass is 294 g/mol. The van der Waals surface area contributed by atoms with E-state index < -0.39 is 0 Å². The molecule has 0 radical (unpaired) electrons. The summed E-state index contributed by atoms with van der Waals surface area (Å²) in [7, 11) is 0. The minimum atomic E-state index is 0.257. The molecule has 3 aliphatic rings.